The highest BCUT2D eigenvalue weighted by Crippen LogP contribution is 2.36. The van der Waals surface area contributed by atoms with Gasteiger partial charge >= 0.3 is 0 Å². The molecular formula is C48H59NO15. The quantitative estimate of drug-likeness (QED) is 0.0799. The average Bonchev–Trinajstić information content (AvgIpc) is 3.31. The number of amides is 1. The Morgan fingerprint density at radius 2 is 1.03 bits per heavy atom. The fraction of sp³-hybridized carbons (Fsp3) is 0.479. The molecule has 3 fully saturated rings. The summed E-state index contributed by atoms with van der Waals surface area (Å²) >= 11 is 0. The summed E-state index contributed by atoms with van der Waals surface area (Å²) in [7, 11) is 0. The van der Waals surface area contributed by atoms with Crippen LogP contribution in [0.5, 0.6) is 0 Å². The Kier molecular flexibility index (Phi) is 17.4. The van der Waals surface area contributed by atoms with E-state index in [1.54, 1.807) is 0 Å². The maximum absolute atomic E-state index is 12.7. The van der Waals surface area contributed by atoms with Crippen LogP contribution in [0.1, 0.15) is 36.1 Å². The molecule has 16 nitrogen and oxygen atoms in total. The third-order valence-corrected chi connectivity index (χ3v) is 11.4. The fourth-order valence-corrected chi connectivity index (χ4v) is 8.10. The van der Waals surface area contributed by atoms with Crippen molar-refractivity contribution in [1.82, 2.24) is 5.32 Å². The minimum absolute atomic E-state index is 0.114. The fourth-order valence-electron chi connectivity index (χ4n) is 8.10. The topological polar surface area (TPSA) is 213 Å². The number of rotatable bonds is 19. The van der Waals surface area contributed by atoms with Gasteiger partial charge in [0.15, 0.2) is 18.9 Å². The zero-order chi connectivity index (χ0) is 45.0. The van der Waals surface area contributed by atoms with Gasteiger partial charge in [0, 0.05) is 6.92 Å². The molecule has 0 aliphatic carbocycles. The zero-order valence-corrected chi connectivity index (χ0v) is 35.8. The van der Waals surface area contributed by atoms with Gasteiger partial charge in [-0.1, -0.05) is 121 Å². The number of carbonyl (C=O) groups is 1. The second-order valence-corrected chi connectivity index (χ2v) is 16.2. The molecule has 3 saturated heterocycles. The number of carbonyl (C=O) groups excluding carboxylic acids is 1. The van der Waals surface area contributed by atoms with E-state index in [2.05, 4.69) is 5.32 Å². The summed E-state index contributed by atoms with van der Waals surface area (Å²) < 4.78 is 58.4. The van der Waals surface area contributed by atoms with Gasteiger partial charge in [-0.25, -0.2) is 0 Å². The van der Waals surface area contributed by atoms with E-state index in [-0.39, 0.29) is 33.0 Å². The first-order valence-electron chi connectivity index (χ1n) is 21.6. The molecule has 0 saturated carbocycles. The van der Waals surface area contributed by atoms with Gasteiger partial charge in [-0.15, -0.1) is 0 Å². The van der Waals surface area contributed by atoms with Crippen molar-refractivity contribution in [3.05, 3.63) is 144 Å². The highest BCUT2D eigenvalue weighted by Gasteiger charge is 2.55. The van der Waals surface area contributed by atoms with E-state index in [0.717, 1.165) is 22.3 Å². The van der Waals surface area contributed by atoms with E-state index >= 15 is 0 Å². The van der Waals surface area contributed by atoms with Crippen molar-refractivity contribution in [2.45, 2.75) is 132 Å². The van der Waals surface area contributed by atoms with Crippen molar-refractivity contribution in [3.63, 3.8) is 0 Å². The van der Waals surface area contributed by atoms with Crippen LogP contribution >= 0.6 is 0 Å². The summed E-state index contributed by atoms with van der Waals surface area (Å²) in [5, 5.41) is 56.7. The Balaban J connectivity index is 1.26. The van der Waals surface area contributed by atoms with Crippen LogP contribution in [0.3, 0.4) is 0 Å². The summed E-state index contributed by atoms with van der Waals surface area (Å²) in [6.45, 7) is 2.88. The lowest BCUT2D eigenvalue weighted by molar-refractivity contribution is -0.377. The van der Waals surface area contributed by atoms with E-state index in [9.17, 15) is 30.3 Å². The number of hydrogen-bond donors (Lipinski definition) is 6. The molecule has 15 atom stereocenters. The molecule has 346 valence electrons. The van der Waals surface area contributed by atoms with Crippen LogP contribution in [0.25, 0.3) is 0 Å². The van der Waals surface area contributed by atoms with Crippen LogP contribution in [0, 0.1) is 0 Å². The van der Waals surface area contributed by atoms with Crippen LogP contribution in [0.4, 0.5) is 0 Å². The molecule has 0 unspecified atom stereocenters. The maximum Gasteiger partial charge on any atom is 0.217 e. The molecule has 0 aromatic heterocycles. The largest absolute Gasteiger partial charge is 0.394 e. The van der Waals surface area contributed by atoms with Gasteiger partial charge in [0.2, 0.25) is 5.91 Å². The van der Waals surface area contributed by atoms with Crippen LogP contribution in [-0.2, 0) is 73.9 Å². The molecule has 0 bridgehead atoms. The third-order valence-electron chi connectivity index (χ3n) is 11.4. The lowest BCUT2D eigenvalue weighted by atomic mass is 9.94. The molecule has 3 heterocycles. The smallest absolute Gasteiger partial charge is 0.217 e. The minimum atomic E-state index is -1.84. The van der Waals surface area contributed by atoms with E-state index in [1.165, 1.54) is 6.92 Å². The van der Waals surface area contributed by atoms with Gasteiger partial charge in [-0.3, -0.25) is 4.79 Å². The van der Waals surface area contributed by atoms with Gasteiger partial charge in [-0.05, 0) is 29.2 Å². The molecular weight excluding hydrogens is 831 g/mol. The van der Waals surface area contributed by atoms with Gasteiger partial charge in [0.1, 0.15) is 67.1 Å². The predicted molar refractivity (Wildman–Crippen MR) is 227 cm³/mol. The number of nitrogens with one attached hydrogen (secondary N) is 1. The summed E-state index contributed by atoms with van der Waals surface area (Å²) in [4.78, 5) is 12.7. The Hall–Kier alpha value is -4.21. The van der Waals surface area contributed by atoms with Crippen LogP contribution in [-0.4, -0.2) is 137 Å². The first kappa shape index (κ1) is 47.7. The van der Waals surface area contributed by atoms with Crippen LogP contribution in [0.15, 0.2) is 121 Å². The lowest BCUT2D eigenvalue weighted by Gasteiger charge is -2.50. The van der Waals surface area contributed by atoms with Crippen molar-refractivity contribution in [1.29, 1.82) is 0 Å². The number of benzene rings is 4. The second kappa shape index (κ2) is 23.3. The summed E-state index contributed by atoms with van der Waals surface area (Å²) in [5.41, 5.74) is 3.55. The molecule has 4 aromatic carbocycles. The van der Waals surface area contributed by atoms with Crippen molar-refractivity contribution in [2.75, 3.05) is 13.2 Å². The van der Waals surface area contributed by atoms with Gasteiger partial charge in [-0.2, -0.15) is 0 Å². The summed E-state index contributed by atoms with van der Waals surface area (Å²) in [6, 6.07) is 36.9. The summed E-state index contributed by atoms with van der Waals surface area (Å²) in [6.07, 6.45) is -18.4. The third kappa shape index (κ3) is 12.4. The zero-order valence-electron chi connectivity index (χ0n) is 35.8. The molecule has 7 rings (SSSR count). The molecule has 4 aromatic rings. The Labute approximate surface area is 372 Å². The first-order chi connectivity index (χ1) is 31.1. The second-order valence-electron chi connectivity index (χ2n) is 16.2. The Bertz CT molecular complexity index is 1970. The molecule has 16 heteroatoms. The lowest BCUT2D eigenvalue weighted by Crippen LogP contribution is -2.69. The monoisotopic (exact) mass is 889 g/mol. The molecule has 64 heavy (non-hydrogen) atoms. The molecule has 6 N–H and O–H groups in total. The van der Waals surface area contributed by atoms with Gasteiger partial charge in [0.05, 0.1) is 45.7 Å². The predicted octanol–water partition coefficient (Wildman–Crippen LogP) is 2.50. The highest BCUT2D eigenvalue weighted by atomic mass is 16.8. The average molecular weight is 890 g/mol. The highest BCUT2D eigenvalue weighted by molar-refractivity contribution is 5.73. The van der Waals surface area contributed by atoms with E-state index in [1.807, 2.05) is 128 Å². The van der Waals surface area contributed by atoms with Crippen molar-refractivity contribution in [2.24, 2.45) is 0 Å². The van der Waals surface area contributed by atoms with E-state index in [0.29, 0.717) is 0 Å². The number of ether oxygens (including phenoxy) is 9. The molecule has 0 radical (unpaired) electrons. The van der Waals surface area contributed by atoms with Crippen molar-refractivity contribution >= 4 is 5.91 Å². The number of hydrogen-bond acceptors (Lipinski definition) is 15. The van der Waals surface area contributed by atoms with E-state index < -0.39 is 105 Å². The number of aliphatic hydroxyl groups is 5. The van der Waals surface area contributed by atoms with Crippen molar-refractivity contribution < 1.29 is 73.0 Å². The Morgan fingerprint density at radius 1 is 0.547 bits per heavy atom. The maximum atomic E-state index is 12.7. The van der Waals surface area contributed by atoms with Crippen molar-refractivity contribution in [3.8, 4) is 0 Å². The van der Waals surface area contributed by atoms with Crippen LogP contribution < -0.4 is 5.32 Å². The minimum Gasteiger partial charge on any atom is -0.394 e. The molecule has 3 aliphatic heterocycles. The standard InChI is InChI=1S/C48H59NO15/c1-29-41(57-25-32-17-9-4-10-18-32)44(58-26-33-19-11-5-12-20-33)45(59-27-34-21-13-6-14-22-34)48(60-29)63-42-36(28-56-24-31-15-7-3-8-16-31)61-46(55)37(49-30(2)51)43(42)64-47-40(54)39(53)38(52)35(23-50)62-47/h3-22,29,35-48,50,52-55H,23-28H2,1-2H3,(H,49,51)/t29-,35+,36+,37+,38-,39-,40+,41+,42+,43+,44+,45-,46+,47-,48-/m0/s1. The van der Waals surface area contributed by atoms with E-state index in [4.69, 9.17) is 42.6 Å². The molecule has 0 spiro atoms. The molecule has 3 aliphatic rings. The van der Waals surface area contributed by atoms with Gasteiger partial charge in [0.25, 0.3) is 0 Å². The molecule has 1 amide bonds. The number of aliphatic hydroxyl groups excluding tert-OH is 5. The normalized spacial score (nSPS) is 33.1. The van der Waals surface area contributed by atoms with Crippen LogP contribution in [0.2, 0.25) is 0 Å². The first-order valence-corrected chi connectivity index (χ1v) is 21.6. The van der Waals surface area contributed by atoms with Gasteiger partial charge < -0.3 is 73.5 Å². The Morgan fingerprint density at radius 3 is 1.55 bits per heavy atom. The summed E-state index contributed by atoms with van der Waals surface area (Å²) in [5.74, 6) is -0.563. The SMILES string of the molecule is CC(=O)N[C@@H]1[C@@H](O[C@@H]2O[C@H](CO)[C@H](O)[C@H](O)[C@H]2O)[C@H](O[C@@H]2O[C@@H](C)[C@@H](OCc3ccccc3)[C@@H](OCc3ccccc3)[C@@H]2OCc2ccccc2)[C@@H](COCc2ccccc2)O[C@H]1O.